The lowest BCUT2D eigenvalue weighted by molar-refractivity contribution is -0.119. The maximum atomic E-state index is 11.3. The summed E-state index contributed by atoms with van der Waals surface area (Å²) in [5, 5.41) is 2.77. The standard InChI is InChI=1S/C12H12N2O2/c1-7-12(15)14-11(13-7)10-6-8-4-2-3-5-9(8)16-10/h2-5,7,10H,6H2,1H3,(H,13,14,15). The fraction of sp³-hybridized carbons (Fsp3) is 0.333. The first-order valence-electron chi connectivity index (χ1n) is 5.37. The number of nitrogens with zero attached hydrogens (tertiary/aromatic N) is 1. The lowest BCUT2D eigenvalue weighted by Crippen LogP contribution is -2.37. The monoisotopic (exact) mass is 216 g/mol. The zero-order valence-electron chi connectivity index (χ0n) is 8.93. The summed E-state index contributed by atoms with van der Waals surface area (Å²) in [5.74, 6) is 1.51. The second kappa shape index (κ2) is 3.33. The number of para-hydroxylation sites is 1. The molecule has 2 atom stereocenters. The molecule has 0 radical (unpaired) electrons. The van der Waals surface area contributed by atoms with E-state index in [1.165, 1.54) is 5.56 Å². The van der Waals surface area contributed by atoms with Gasteiger partial charge in [0.15, 0.2) is 6.10 Å². The molecule has 0 spiro atoms. The van der Waals surface area contributed by atoms with Gasteiger partial charge in [0.1, 0.15) is 17.6 Å². The van der Waals surface area contributed by atoms with E-state index >= 15 is 0 Å². The molecule has 2 aliphatic rings. The Hall–Kier alpha value is -1.84. The van der Waals surface area contributed by atoms with Crippen molar-refractivity contribution in [3.63, 3.8) is 0 Å². The molecule has 3 rings (SSSR count). The largest absolute Gasteiger partial charge is 0.482 e. The van der Waals surface area contributed by atoms with Crippen LogP contribution in [-0.4, -0.2) is 23.9 Å². The molecular formula is C12H12N2O2. The minimum Gasteiger partial charge on any atom is -0.482 e. The molecule has 0 saturated carbocycles. The van der Waals surface area contributed by atoms with Gasteiger partial charge >= 0.3 is 0 Å². The smallest absolute Gasteiger partial charge is 0.249 e. The summed E-state index contributed by atoms with van der Waals surface area (Å²) in [6.07, 6.45) is 0.647. The summed E-state index contributed by atoms with van der Waals surface area (Å²) < 4.78 is 5.74. The third kappa shape index (κ3) is 1.38. The maximum Gasteiger partial charge on any atom is 0.249 e. The van der Waals surface area contributed by atoms with Gasteiger partial charge in [0.05, 0.1) is 0 Å². The highest BCUT2D eigenvalue weighted by Crippen LogP contribution is 2.29. The second-order valence-electron chi connectivity index (χ2n) is 4.10. The van der Waals surface area contributed by atoms with Crippen molar-refractivity contribution in [3.05, 3.63) is 29.8 Å². The summed E-state index contributed by atoms with van der Waals surface area (Å²) in [5.41, 5.74) is 1.17. The minimum absolute atomic E-state index is 0.0467. The van der Waals surface area contributed by atoms with Gasteiger partial charge < -0.3 is 10.1 Å². The van der Waals surface area contributed by atoms with Crippen molar-refractivity contribution >= 4 is 11.7 Å². The van der Waals surface area contributed by atoms with Crippen LogP contribution in [0.25, 0.3) is 0 Å². The third-order valence-corrected chi connectivity index (χ3v) is 2.92. The van der Waals surface area contributed by atoms with Crippen LogP contribution >= 0.6 is 0 Å². The van der Waals surface area contributed by atoms with Gasteiger partial charge in [-0.3, -0.25) is 9.79 Å². The van der Waals surface area contributed by atoms with Crippen LogP contribution in [0.1, 0.15) is 12.5 Å². The average molecular weight is 216 g/mol. The molecule has 0 saturated heterocycles. The Kier molecular flexibility index (Phi) is 1.96. The number of rotatable bonds is 1. The number of benzene rings is 1. The van der Waals surface area contributed by atoms with Crippen LogP contribution in [0.2, 0.25) is 0 Å². The van der Waals surface area contributed by atoms with Crippen molar-refractivity contribution in [3.8, 4) is 5.75 Å². The lowest BCUT2D eigenvalue weighted by Gasteiger charge is -2.09. The fourth-order valence-corrected chi connectivity index (χ4v) is 2.03. The van der Waals surface area contributed by atoms with Crippen molar-refractivity contribution in [1.82, 2.24) is 5.32 Å². The molecule has 2 unspecified atom stereocenters. The molecule has 2 heterocycles. The van der Waals surface area contributed by atoms with E-state index in [-0.39, 0.29) is 18.1 Å². The molecule has 2 aliphatic heterocycles. The molecule has 1 N–H and O–H groups in total. The van der Waals surface area contributed by atoms with Crippen LogP contribution in [0.15, 0.2) is 29.3 Å². The lowest BCUT2D eigenvalue weighted by atomic mass is 10.1. The van der Waals surface area contributed by atoms with Gasteiger partial charge in [-0.2, -0.15) is 0 Å². The Morgan fingerprint density at radius 3 is 2.94 bits per heavy atom. The second-order valence-corrected chi connectivity index (χ2v) is 4.10. The first kappa shape index (κ1) is 9.39. The van der Waals surface area contributed by atoms with Gasteiger partial charge in [-0.1, -0.05) is 18.2 Å². The van der Waals surface area contributed by atoms with Crippen LogP contribution in [0.4, 0.5) is 0 Å². The molecule has 1 amide bonds. The Balaban J connectivity index is 1.82. The molecule has 4 nitrogen and oxygen atoms in total. The molecule has 0 bridgehead atoms. The van der Waals surface area contributed by atoms with Gasteiger partial charge in [-0.05, 0) is 18.6 Å². The molecule has 0 fully saturated rings. The summed E-state index contributed by atoms with van der Waals surface area (Å²) in [6.45, 7) is 1.78. The van der Waals surface area contributed by atoms with E-state index in [2.05, 4.69) is 10.3 Å². The summed E-state index contributed by atoms with van der Waals surface area (Å²) in [6, 6.07) is 7.62. The van der Waals surface area contributed by atoms with Gasteiger partial charge in [-0.25, -0.2) is 0 Å². The quantitative estimate of drug-likeness (QED) is 0.758. The summed E-state index contributed by atoms with van der Waals surface area (Å²) >= 11 is 0. The number of carbonyl (C=O) groups is 1. The number of ether oxygens (including phenoxy) is 1. The first-order valence-corrected chi connectivity index (χ1v) is 5.37. The van der Waals surface area contributed by atoms with Gasteiger partial charge in [0, 0.05) is 6.42 Å². The Morgan fingerprint density at radius 1 is 1.44 bits per heavy atom. The highest BCUT2D eigenvalue weighted by molar-refractivity contribution is 6.07. The third-order valence-electron chi connectivity index (χ3n) is 2.92. The molecule has 0 aromatic heterocycles. The Morgan fingerprint density at radius 2 is 2.25 bits per heavy atom. The molecule has 4 heteroatoms. The van der Waals surface area contributed by atoms with Crippen LogP contribution in [0, 0.1) is 0 Å². The van der Waals surface area contributed by atoms with Crippen molar-refractivity contribution in [2.45, 2.75) is 25.5 Å². The van der Waals surface area contributed by atoms with Crippen molar-refractivity contribution in [1.29, 1.82) is 0 Å². The van der Waals surface area contributed by atoms with E-state index in [0.29, 0.717) is 5.84 Å². The predicted molar refractivity (Wildman–Crippen MR) is 59.6 cm³/mol. The number of aliphatic imine (C=N–C) groups is 1. The molecule has 16 heavy (non-hydrogen) atoms. The normalized spacial score (nSPS) is 27.1. The van der Waals surface area contributed by atoms with Crippen LogP contribution in [0.3, 0.4) is 0 Å². The number of hydrogen-bond donors (Lipinski definition) is 1. The van der Waals surface area contributed by atoms with Crippen LogP contribution < -0.4 is 10.1 Å². The Bertz CT molecular complexity index is 457. The van der Waals surface area contributed by atoms with Crippen molar-refractivity contribution in [2.24, 2.45) is 4.99 Å². The van der Waals surface area contributed by atoms with Crippen LogP contribution in [0.5, 0.6) is 5.75 Å². The van der Waals surface area contributed by atoms with E-state index in [0.717, 1.165) is 12.2 Å². The number of amidine groups is 1. The van der Waals surface area contributed by atoms with Crippen LogP contribution in [-0.2, 0) is 11.2 Å². The van der Waals surface area contributed by atoms with E-state index in [1.54, 1.807) is 6.92 Å². The molecular weight excluding hydrogens is 204 g/mol. The molecule has 1 aromatic rings. The highest BCUT2D eigenvalue weighted by atomic mass is 16.5. The van der Waals surface area contributed by atoms with Gasteiger partial charge in [0.2, 0.25) is 5.91 Å². The van der Waals surface area contributed by atoms with Gasteiger partial charge in [0.25, 0.3) is 0 Å². The van der Waals surface area contributed by atoms with Crippen molar-refractivity contribution in [2.75, 3.05) is 0 Å². The predicted octanol–water partition coefficient (Wildman–Crippen LogP) is 0.907. The summed E-state index contributed by atoms with van der Waals surface area (Å²) in [7, 11) is 0. The number of fused-ring (bicyclic) bond motifs is 1. The fourth-order valence-electron chi connectivity index (χ4n) is 2.03. The topological polar surface area (TPSA) is 50.7 Å². The number of hydrogen-bond acceptors (Lipinski definition) is 3. The zero-order valence-corrected chi connectivity index (χ0v) is 8.93. The van der Waals surface area contributed by atoms with E-state index in [1.807, 2.05) is 24.3 Å². The number of carbonyl (C=O) groups excluding carboxylic acids is 1. The minimum atomic E-state index is -0.290. The van der Waals surface area contributed by atoms with E-state index in [4.69, 9.17) is 4.74 Å². The first-order chi connectivity index (χ1) is 7.74. The van der Waals surface area contributed by atoms with E-state index < -0.39 is 0 Å². The number of amides is 1. The van der Waals surface area contributed by atoms with Gasteiger partial charge in [-0.15, -0.1) is 0 Å². The van der Waals surface area contributed by atoms with E-state index in [9.17, 15) is 4.79 Å². The average Bonchev–Trinajstić information content (AvgIpc) is 2.83. The highest BCUT2D eigenvalue weighted by Gasteiger charge is 2.33. The SMILES string of the molecule is CC1N=C(C2Cc3ccccc3O2)NC1=O. The molecule has 82 valence electrons. The van der Waals surface area contributed by atoms with Crippen molar-refractivity contribution < 1.29 is 9.53 Å². The zero-order chi connectivity index (χ0) is 11.1. The molecule has 1 aromatic carbocycles. The number of nitrogens with one attached hydrogen (secondary N) is 1. The maximum absolute atomic E-state index is 11.3. The summed E-state index contributed by atoms with van der Waals surface area (Å²) in [4.78, 5) is 15.6. The Labute approximate surface area is 93.3 Å². The molecule has 0 aliphatic carbocycles.